The Morgan fingerprint density at radius 1 is 0.943 bits per heavy atom. The van der Waals surface area contributed by atoms with E-state index in [2.05, 4.69) is 53.6 Å². The molecule has 1 aromatic carbocycles. The highest BCUT2D eigenvalue weighted by Crippen LogP contribution is 2.29. The predicted molar refractivity (Wildman–Crippen MR) is 132 cm³/mol. The van der Waals surface area contributed by atoms with Crippen LogP contribution in [0.1, 0.15) is 18.9 Å². The predicted octanol–water partition coefficient (Wildman–Crippen LogP) is 3.74. The molecule has 0 unspecified atom stereocenters. The Hall–Kier alpha value is -4.32. The third-order valence-electron chi connectivity index (χ3n) is 6.07. The number of nitro groups is 1. The summed E-state index contributed by atoms with van der Waals surface area (Å²) in [7, 11) is 3.94. The smallest absolute Gasteiger partial charge is 0.329 e. The first kappa shape index (κ1) is 22.5. The average molecular weight is 475 g/mol. The van der Waals surface area contributed by atoms with Gasteiger partial charge in [-0.15, -0.1) is 0 Å². The number of hydrogen-bond donors (Lipinski definition) is 2. The number of nitrogens with one attached hydrogen (secondary N) is 2. The number of benzene rings is 1. The largest absolute Gasteiger partial charge is 0.334 e. The van der Waals surface area contributed by atoms with Crippen molar-refractivity contribution in [1.82, 2.24) is 34.4 Å². The lowest BCUT2D eigenvalue weighted by Gasteiger charge is -2.28. The second-order valence-electron chi connectivity index (χ2n) is 8.66. The molecule has 12 nitrogen and oxygen atoms in total. The normalized spacial score (nSPS) is 14.7. The molecule has 0 amide bonds. The summed E-state index contributed by atoms with van der Waals surface area (Å²) in [5, 5.41) is 26.2. The van der Waals surface area contributed by atoms with Crippen LogP contribution in [0.3, 0.4) is 0 Å². The van der Waals surface area contributed by atoms with Crippen molar-refractivity contribution in [2.24, 2.45) is 7.05 Å². The monoisotopic (exact) mass is 474 g/mol. The van der Waals surface area contributed by atoms with Crippen LogP contribution in [0.5, 0.6) is 0 Å². The summed E-state index contributed by atoms with van der Waals surface area (Å²) in [6, 6.07) is 8.07. The quantitative estimate of drug-likeness (QED) is 0.304. The van der Waals surface area contributed by atoms with Gasteiger partial charge in [0, 0.05) is 30.7 Å². The molecule has 1 aliphatic rings. The first-order valence-corrected chi connectivity index (χ1v) is 11.3. The summed E-state index contributed by atoms with van der Waals surface area (Å²) in [4.78, 5) is 21.7. The number of aryl methyl sites for hydroxylation is 1. The van der Waals surface area contributed by atoms with Gasteiger partial charge < -0.3 is 15.5 Å². The van der Waals surface area contributed by atoms with E-state index in [0.717, 1.165) is 37.1 Å². The maximum Gasteiger partial charge on any atom is 0.329 e. The molecule has 0 saturated carbocycles. The Morgan fingerprint density at radius 2 is 1.71 bits per heavy atom. The van der Waals surface area contributed by atoms with E-state index >= 15 is 0 Å². The third-order valence-corrected chi connectivity index (χ3v) is 6.07. The van der Waals surface area contributed by atoms with Gasteiger partial charge in [0.05, 0.1) is 29.0 Å². The summed E-state index contributed by atoms with van der Waals surface area (Å²) in [5.74, 6) is 0.322. The maximum atomic E-state index is 11.5. The van der Waals surface area contributed by atoms with E-state index in [0.29, 0.717) is 17.4 Å². The second kappa shape index (κ2) is 9.50. The molecule has 0 spiro atoms. The van der Waals surface area contributed by atoms with Crippen LogP contribution in [0, 0.1) is 10.1 Å². The van der Waals surface area contributed by atoms with Crippen LogP contribution >= 0.6 is 0 Å². The molecule has 35 heavy (non-hydrogen) atoms. The SMILES string of the molecule is CN1CCC(n2cc(-c3ccc(Nc4nc(Nc5cnn(C)c5)ncc4[N+](=O)[O-])cc3)cn2)CC1. The average Bonchev–Trinajstić information content (AvgIpc) is 3.49. The van der Waals surface area contributed by atoms with Crippen LogP contribution in [0.2, 0.25) is 0 Å². The van der Waals surface area contributed by atoms with Gasteiger partial charge in [0.25, 0.3) is 0 Å². The van der Waals surface area contributed by atoms with E-state index < -0.39 is 4.92 Å². The Bertz CT molecular complexity index is 1320. The highest BCUT2D eigenvalue weighted by molar-refractivity contribution is 5.70. The van der Waals surface area contributed by atoms with Crippen LogP contribution in [0.25, 0.3) is 11.1 Å². The molecular formula is C23H26N10O2. The van der Waals surface area contributed by atoms with Crippen LogP contribution in [-0.2, 0) is 7.05 Å². The van der Waals surface area contributed by atoms with E-state index in [9.17, 15) is 10.1 Å². The number of nitrogens with zero attached hydrogens (tertiary/aromatic N) is 8. The molecule has 4 heterocycles. The van der Waals surface area contributed by atoms with Crippen molar-refractivity contribution < 1.29 is 4.92 Å². The minimum Gasteiger partial charge on any atom is -0.334 e. The van der Waals surface area contributed by atoms with E-state index in [1.807, 2.05) is 30.5 Å². The van der Waals surface area contributed by atoms with E-state index in [1.165, 1.54) is 6.20 Å². The number of aromatic nitrogens is 6. The van der Waals surface area contributed by atoms with Gasteiger partial charge in [-0.2, -0.15) is 15.2 Å². The van der Waals surface area contributed by atoms with Crippen LogP contribution in [0.15, 0.2) is 55.2 Å². The van der Waals surface area contributed by atoms with Crippen molar-refractivity contribution >= 4 is 28.8 Å². The van der Waals surface area contributed by atoms with E-state index in [-0.39, 0.29) is 17.5 Å². The fourth-order valence-corrected chi connectivity index (χ4v) is 4.11. The molecule has 12 heteroatoms. The Morgan fingerprint density at radius 3 is 2.40 bits per heavy atom. The van der Waals surface area contributed by atoms with Crippen LogP contribution in [-0.4, -0.2) is 59.5 Å². The lowest BCUT2D eigenvalue weighted by atomic mass is 10.1. The number of piperidine rings is 1. The maximum absolute atomic E-state index is 11.5. The summed E-state index contributed by atoms with van der Waals surface area (Å²) in [6.45, 7) is 2.16. The Kier molecular flexibility index (Phi) is 6.10. The van der Waals surface area contributed by atoms with Crippen LogP contribution < -0.4 is 10.6 Å². The van der Waals surface area contributed by atoms with Gasteiger partial charge in [-0.05, 0) is 50.7 Å². The third kappa shape index (κ3) is 5.11. The van der Waals surface area contributed by atoms with Gasteiger partial charge in [0.2, 0.25) is 11.8 Å². The van der Waals surface area contributed by atoms with Crippen molar-refractivity contribution in [3.8, 4) is 11.1 Å². The molecule has 3 aromatic heterocycles. The van der Waals surface area contributed by atoms with Gasteiger partial charge in [-0.1, -0.05) is 12.1 Å². The molecule has 0 radical (unpaired) electrons. The number of likely N-dealkylation sites (tertiary alicyclic amines) is 1. The molecule has 2 N–H and O–H groups in total. The molecule has 1 aliphatic heterocycles. The molecule has 180 valence electrons. The Balaban J connectivity index is 1.32. The number of rotatable bonds is 7. The zero-order valence-electron chi connectivity index (χ0n) is 19.5. The first-order chi connectivity index (χ1) is 16.9. The van der Waals surface area contributed by atoms with Gasteiger partial charge in [-0.25, -0.2) is 4.98 Å². The van der Waals surface area contributed by atoms with Gasteiger partial charge in [0.1, 0.15) is 6.20 Å². The van der Waals surface area contributed by atoms with Gasteiger partial charge in [0.15, 0.2) is 0 Å². The number of hydrogen-bond acceptors (Lipinski definition) is 9. The topological polar surface area (TPSA) is 132 Å². The fraction of sp³-hybridized carbons (Fsp3) is 0.304. The Labute approximate surface area is 201 Å². The molecule has 1 saturated heterocycles. The highest BCUT2D eigenvalue weighted by Gasteiger charge is 2.20. The fourth-order valence-electron chi connectivity index (χ4n) is 4.11. The van der Waals surface area contributed by atoms with Crippen molar-refractivity contribution in [1.29, 1.82) is 0 Å². The molecule has 0 atom stereocenters. The molecular weight excluding hydrogens is 448 g/mol. The lowest BCUT2D eigenvalue weighted by molar-refractivity contribution is -0.384. The van der Waals surface area contributed by atoms with E-state index in [4.69, 9.17) is 0 Å². The summed E-state index contributed by atoms with van der Waals surface area (Å²) < 4.78 is 3.70. The van der Waals surface area contributed by atoms with Crippen molar-refractivity contribution in [2.75, 3.05) is 30.8 Å². The minimum absolute atomic E-state index is 0.0965. The molecule has 1 fully saturated rings. The number of anilines is 4. The molecule has 0 aliphatic carbocycles. The summed E-state index contributed by atoms with van der Waals surface area (Å²) in [6.07, 6.45) is 10.7. The summed E-state index contributed by atoms with van der Waals surface area (Å²) >= 11 is 0. The highest BCUT2D eigenvalue weighted by atomic mass is 16.6. The standard InChI is InChI=1S/C23H26N10O2/c1-30-9-7-20(8-10-30)32-14-17(11-26-32)16-3-5-18(6-4-16)27-22-21(33(34)35)13-24-23(29-22)28-19-12-25-31(2)15-19/h3-6,11-15,20H,7-10H2,1-2H3,(H2,24,27,28,29). The summed E-state index contributed by atoms with van der Waals surface area (Å²) in [5.41, 5.74) is 3.19. The van der Waals surface area contributed by atoms with E-state index in [1.54, 1.807) is 24.1 Å². The second-order valence-corrected chi connectivity index (χ2v) is 8.66. The van der Waals surface area contributed by atoms with Crippen molar-refractivity contribution in [3.63, 3.8) is 0 Å². The van der Waals surface area contributed by atoms with Crippen LogP contribution in [0.4, 0.5) is 28.8 Å². The molecule has 5 rings (SSSR count). The molecule has 0 bridgehead atoms. The zero-order chi connectivity index (χ0) is 24.4. The lowest BCUT2D eigenvalue weighted by Crippen LogP contribution is -2.31. The van der Waals surface area contributed by atoms with Crippen molar-refractivity contribution in [3.05, 3.63) is 65.4 Å². The van der Waals surface area contributed by atoms with Gasteiger partial charge in [-0.3, -0.25) is 19.5 Å². The van der Waals surface area contributed by atoms with Gasteiger partial charge >= 0.3 is 5.69 Å². The zero-order valence-corrected chi connectivity index (χ0v) is 19.5. The molecule has 4 aromatic rings. The van der Waals surface area contributed by atoms with Crippen molar-refractivity contribution in [2.45, 2.75) is 18.9 Å². The minimum atomic E-state index is -0.512. The first-order valence-electron chi connectivity index (χ1n) is 11.3.